The average molecular weight is 331 g/mol. The standard InChI is InChI=1S/C23H27N2/c1-23(18-19-10-4-3-5-11-19)20-12-6-7-13-21(20)24(2)22(23)14-17-25-15-8-9-16-25/h3-7,10-14,17H,8-9,15-16,18H2,1-2H3/q+1. The van der Waals surface area contributed by atoms with Crippen LogP contribution in [0.5, 0.6) is 0 Å². The van der Waals surface area contributed by atoms with Crippen molar-refractivity contribution in [1.29, 1.82) is 0 Å². The fraction of sp³-hybridized carbons (Fsp3) is 0.348. The van der Waals surface area contributed by atoms with Crippen LogP contribution in [0.25, 0.3) is 0 Å². The molecule has 1 saturated heterocycles. The summed E-state index contributed by atoms with van der Waals surface area (Å²) >= 11 is 0. The van der Waals surface area contributed by atoms with Crippen molar-refractivity contribution in [3.63, 3.8) is 0 Å². The zero-order chi connectivity index (χ0) is 17.3. The van der Waals surface area contributed by atoms with Crippen molar-refractivity contribution in [2.45, 2.75) is 31.6 Å². The van der Waals surface area contributed by atoms with Gasteiger partial charge >= 0.3 is 0 Å². The summed E-state index contributed by atoms with van der Waals surface area (Å²) in [6.45, 7) is 4.78. The lowest BCUT2D eigenvalue weighted by Gasteiger charge is -2.28. The maximum absolute atomic E-state index is 2.45. The highest BCUT2D eigenvalue weighted by Crippen LogP contribution is 2.48. The highest BCUT2D eigenvalue weighted by Gasteiger charge is 2.42. The van der Waals surface area contributed by atoms with Gasteiger partial charge in [-0.2, -0.15) is 0 Å². The van der Waals surface area contributed by atoms with Gasteiger partial charge in [0, 0.05) is 42.8 Å². The van der Waals surface area contributed by atoms with Gasteiger partial charge in [0.1, 0.15) is 13.1 Å². The summed E-state index contributed by atoms with van der Waals surface area (Å²) in [5.74, 6) is 0. The Bertz CT molecular complexity index is 811. The van der Waals surface area contributed by atoms with Crippen LogP contribution in [0, 0.1) is 0 Å². The molecule has 2 aromatic rings. The Hall–Kier alpha value is -2.35. The van der Waals surface area contributed by atoms with Crippen LogP contribution in [0.1, 0.15) is 30.9 Å². The molecule has 1 atom stereocenters. The van der Waals surface area contributed by atoms with Crippen molar-refractivity contribution < 1.29 is 4.58 Å². The van der Waals surface area contributed by atoms with E-state index in [-0.39, 0.29) is 5.41 Å². The number of hydrogen-bond donors (Lipinski definition) is 0. The van der Waals surface area contributed by atoms with Gasteiger partial charge in [0.25, 0.3) is 0 Å². The molecule has 0 aromatic heterocycles. The van der Waals surface area contributed by atoms with Gasteiger partial charge in [-0.25, -0.2) is 4.58 Å². The molecule has 2 aromatic carbocycles. The largest absolute Gasteiger partial charge is 0.347 e. The first-order chi connectivity index (χ1) is 12.2. The number of allylic oxidation sites excluding steroid dienone is 2. The first-order valence-electron chi connectivity index (χ1n) is 9.35. The molecule has 0 bridgehead atoms. The smallest absolute Gasteiger partial charge is 0.165 e. The topological polar surface area (TPSA) is 6.25 Å². The van der Waals surface area contributed by atoms with Gasteiger partial charge < -0.3 is 4.90 Å². The van der Waals surface area contributed by atoms with Crippen molar-refractivity contribution >= 4 is 11.9 Å². The Morgan fingerprint density at radius 3 is 2.44 bits per heavy atom. The van der Waals surface area contributed by atoms with Gasteiger partial charge in [-0.1, -0.05) is 48.5 Å². The minimum absolute atomic E-state index is 0.00290. The Morgan fingerprint density at radius 2 is 1.68 bits per heavy atom. The first-order valence-corrected chi connectivity index (χ1v) is 9.35. The third-order valence-corrected chi connectivity index (χ3v) is 5.77. The molecule has 4 rings (SSSR count). The summed E-state index contributed by atoms with van der Waals surface area (Å²) in [5, 5.41) is 0. The van der Waals surface area contributed by atoms with Crippen molar-refractivity contribution in [1.82, 2.24) is 0 Å². The molecule has 2 nitrogen and oxygen atoms in total. The minimum Gasteiger partial charge on any atom is -0.347 e. The van der Waals surface area contributed by atoms with Crippen LogP contribution in [-0.2, 0) is 11.8 Å². The lowest BCUT2D eigenvalue weighted by molar-refractivity contribution is -0.500. The number of benzene rings is 2. The molecule has 25 heavy (non-hydrogen) atoms. The van der Waals surface area contributed by atoms with Gasteiger partial charge in [-0.15, -0.1) is 0 Å². The molecule has 0 N–H and O–H groups in total. The van der Waals surface area contributed by atoms with Crippen LogP contribution in [0.4, 0.5) is 5.69 Å². The molecule has 2 aliphatic heterocycles. The first kappa shape index (κ1) is 16.1. The summed E-state index contributed by atoms with van der Waals surface area (Å²) in [4.78, 5) is 2.38. The third-order valence-electron chi connectivity index (χ3n) is 5.77. The summed E-state index contributed by atoms with van der Waals surface area (Å²) in [5.41, 5.74) is 5.55. The second-order valence-electron chi connectivity index (χ2n) is 7.51. The molecule has 1 fully saturated rings. The average Bonchev–Trinajstić information content (AvgIpc) is 3.22. The second-order valence-corrected chi connectivity index (χ2v) is 7.51. The zero-order valence-electron chi connectivity index (χ0n) is 15.3. The SMILES string of the molecule is CN1C(=CC=[N+]2CCCC2)C(C)(Cc2ccccc2)c2ccccc21. The van der Waals surface area contributed by atoms with Gasteiger partial charge in [-0.05, 0) is 30.5 Å². The van der Waals surface area contributed by atoms with E-state index in [1.807, 2.05) is 0 Å². The van der Waals surface area contributed by atoms with E-state index in [4.69, 9.17) is 0 Å². The van der Waals surface area contributed by atoms with Gasteiger partial charge in [-0.3, -0.25) is 0 Å². The normalized spacial score (nSPS) is 24.0. The fourth-order valence-corrected chi connectivity index (χ4v) is 4.42. The van der Waals surface area contributed by atoms with Crippen molar-refractivity contribution in [2.24, 2.45) is 0 Å². The number of anilines is 1. The number of likely N-dealkylation sites (N-methyl/N-ethyl adjacent to an activating group) is 1. The molecule has 0 radical (unpaired) electrons. The molecule has 2 heterocycles. The van der Waals surface area contributed by atoms with Crippen LogP contribution in [0.3, 0.4) is 0 Å². The maximum Gasteiger partial charge on any atom is 0.165 e. The Kier molecular flexibility index (Phi) is 4.20. The maximum atomic E-state index is 2.45. The Morgan fingerprint density at radius 1 is 1.00 bits per heavy atom. The van der Waals surface area contributed by atoms with E-state index in [9.17, 15) is 0 Å². The number of rotatable bonds is 3. The van der Waals surface area contributed by atoms with Crippen LogP contribution >= 0.6 is 0 Å². The summed E-state index contributed by atoms with van der Waals surface area (Å²) < 4.78 is 2.45. The predicted molar refractivity (Wildman–Crippen MR) is 106 cm³/mol. The fourth-order valence-electron chi connectivity index (χ4n) is 4.42. The molecule has 2 heteroatoms. The monoisotopic (exact) mass is 331 g/mol. The predicted octanol–water partition coefficient (Wildman–Crippen LogP) is 4.40. The molecule has 0 amide bonds. The van der Waals surface area contributed by atoms with E-state index in [1.165, 1.54) is 48.4 Å². The number of fused-ring (bicyclic) bond motifs is 1. The molecule has 0 aliphatic carbocycles. The number of para-hydroxylation sites is 1. The van der Waals surface area contributed by atoms with E-state index in [0.29, 0.717) is 0 Å². The van der Waals surface area contributed by atoms with Gasteiger partial charge in [0.05, 0.1) is 0 Å². The van der Waals surface area contributed by atoms with E-state index in [2.05, 4.69) is 90.3 Å². The van der Waals surface area contributed by atoms with Gasteiger partial charge in [0.2, 0.25) is 0 Å². The Labute approximate surface area is 151 Å². The van der Waals surface area contributed by atoms with Crippen molar-refractivity contribution in [2.75, 3.05) is 25.0 Å². The molecule has 128 valence electrons. The molecular weight excluding hydrogens is 304 g/mol. The quantitative estimate of drug-likeness (QED) is 0.756. The summed E-state index contributed by atoms with van der Waals surface area (Å²) in [7, 11) is 2.21. The highest BCUT2D eigenvalue weighted by atomic mass is 15.2. The summed E-state index contributed by atoms with van der Waals surface area (Å²) in [6.07, 6.45) is 8.32. The molecular formula is C23H27N2+. The number of hydrogen-bond acceptors (Lipinski definition) is 1. The molecule has 1 unspecified atom stereocenters. The van der Waals surface area contributed by atoms with Crippen LogP contribution in [0.15, 0.2) is 66.4 Å². The van der Waals surface area contributed by atoms with E-state index >= 15 is 0 Å². The Balaban J connectivity index is 1.78. The van der Waals surface area contributed by atoms with Gasteiger partial charge in [0.15, 0.2) is 6.21 Å². The third kappa shape index (κ3) is 2.90. The number of nitrogens with zero attached hydrogens (tertiary/aromatic N) is 2. The van der Waals surface area contributed by atoms with Crippen LogP contribution in [-0.4, -0.2) is 30.9 Å². The second kappa shape index (κ2) is 6.51. The van der Waals surface area contributed by atoms with Crippen molar-refractivity contribution in [3.8, 4) is 0 Å². The molecule has 0 saturated carbocycles. The summed E-state index contributed by atoms with van der Waals surface area (Å²) in [6, 6.07) is 19.7. The van der Waals surface area contributed by atoms with Crippen LogP contribution < -0.4 is 4.90 Å². The molecule has 2 aliphatic rings. The van der Waals surface area contributed by atoms with Crippen molar-refractivity contribution in [3.05, 3.63) is 77.5 Å². The van der Waals surface area contributed by atoms with E-state index in [1.54, 1.807) is 0 Å². The lowest BCUT2D eigenvalue weighted by atomic mass is 9.76. The van der Waals surface area contributed by atoms with Crippen LogP contribution in [0.2, 0.25) is 0 Å². The highest BCUT2D eigenvalue weighted by molar-refractivity contribution is 5.77. The van der Waals surface area contributed by atoms with E-state index < -0.39 is 0 Å². The molecule has 0 spiro atoms. The zero-order valence-corrected chi connectivity index (χ0v) is 15.3. The lowest BCUT2D eigenvalue weighted by Crippen LogP contribution is -2.29. The van der Waals surface area contributed by atoms with E-state index in [0.717, 1.165) is 6.42 Å². The minimum atomic E-state index is 0.00290.